The third kappa shape index (κ3) is 4.34. The topological polar surface area (TPSA) is 29.3 Å². The first kappa shape index (κ1) is 13.4. The molecule has 1 saturated carbocycles. The van der Waals surface area contributed by atoms with E-state index in [0.29, 0.717) is 0 Å². The van der Waals surface area contributed by atoms with Gasteiger partial charge in [-0.25, -0.2) is 0 Å². The van der Waals surface area contributed by atoms with Gasteiger partial charge in [0, 0.05) is 18.3 Å². The summed E-state index contributed by atoms with van der Waals surface area (Å²) in [5.74, 6) is 0.822. The number of anilines is 1. The van der Waals surface area contributed by atoms with Gasteiger partial charge in [0.05, 0.1) is 0 Å². The van der Waals surface area contributed by atoms with Gasteiger partial charge in [-0.3, -0.25) is 4.90 Å². The monoisotopic (exact) mass is 246 g/mol. The van der Waals surface area contributed by atoms with E-state index in [0.717, 1.165) is 24.2 Å². The van der Waals surface area contributed by atoms with Crippen LogP contribution in [-0.2, 0) is 6.54 Å². The Hall–Kier alpha value is -1.02. The molecule has 0 saturated heterocycles. The third-order valence-corrected chi connectivity index (χ3v) is 3.66. The minimum atomic E-state index is 0.822. The molecule has 1 aromatic rings. The molecule has 2 nitrogen and oxygen atoms in total. The minimum Gasteiger partial charge on any atom is -0.399 e. The summed E-state index contributed by atoms with van der Waals surface area (Å²) in [6.07, 6.45) is 5.43. The van der Waals surface area contributed by atoms with E-state index in [1.165, 1.54) is 37.8 Å². The molecule has 2 heteroatoms. The van der Waals surface area contributed by atoms with Crippen LogP contribution in [0.2, 0.25) is 0 Å². The molecule has 0 aromatic heterocycles. The van der Waals surface area contributed by atoms with Crippen molar-refractivity contribution < 1.29 is 0 Å². The van der Waals surface area contributed by atoms with Crippen molar-refractivity contribution in [3.05, 3.63) is 29.8 Å². The highest BCUT2D eigenvalue weighted by Crippen LogP contribution is 2.28. The number of rotatable bonds is 7. The van der Waals surface area contributed by atoms with Gasteiger partial charge in [-0.05, 0) is 55.8 Å². The molecular formula is C16H26N2. The van der Waals surface area contributed by atoms with Crippen molar-refractivity contribution in [2.75, 3.05) is 12.3 Å². The van der Waals surface area contributed by atoms with E-state index in [1.807, 2.05) is 12.1 Å². The average Bonchev–Trinajstić information content (AvgIpc) is 3.14. The molecule has 2 N–H and O–H groups in total. The van der Waals surface area contributed by atoms with Crippen LogP contribution in [0.4, 0.5) is 5.69 Å². The molecule has 0 bridgehead atoms. The highest BCUT2D eigenvalue weighted by atomic mass is 15.2. The normalized spacial score (nSPS) is 15.6. The maximum absolute atomic E-state index is 5.73. The Balaban J connectivity index is 1.84. The van der Waals surface area contributed by atoms with Crippen LogP contribution in [-0.4, -0.2) is 17.5 Å². The van der Waals surface area contributed by atoms with Crippen molar-refractivity contribution in [3.63, 3.8) is 0 Å². The maximum Gasteiger partial charge on any atom is 0.0314 e. The van der Waals surface area contributed by atoms with Crippen LogP contribution in [0.3, 0.4) is 0 Å². The van der Waals surface area contributed by atoms with Gasteiger partial charge in [0.2, 0.25) is 0 Å². The first-order valence-corrected chi connectivity index (χ1v) is 7.23. The molecule has 18 heavy (non-hydrogen) atoms. The van der Waals surface area contributed by atoms with Crippen molar-refractivity contribution in [2.24, 2.45) is 5.92 Å². The lowest BCUT2D eigenvalue weighted by atomic mass is 10.1. The Bertz CT molecular complexity index is 352. The zero-order valence-corrected chi connectivity index (χ0v) is 11.7. The second-order valence-electron chi connectivity index (χ2n) is 5.98. The fraction of sp³-hybridized carbons (Fsp3) is 0.625. The molecule has 100 valence electrons. The quantitative estimate of drug-likeness (QED) is 0.744. The average molecular weight is 246 g/mol. The molecule has 0 atom stereocenters. The standard InChI is InChI=1S/C16H26N2/c1-13(2)4-3-11-18(16-9-10-16)12-14-5-7-15(17)8-6-14/h5-8,13,16H,3-4,9-12,17H2,1-2H3. The Morgan fingerprint density at radius 3 is 2.44 bits per heavy atom. The Labute approximate surface area is 111 Å². The minimum absolute atomic E-state index is 0.822. The fourth-order valence-electron chi connectivity index (χ4n) is 2.39. The van der Waals surface area contributed by atoms with Crippen molar-refractivity contribution >= 4 is 5.69 Å². The van der Waals surface area contributed by atoms with Crippen molar-refractivity contribution in [1.82, 2.24) is 4.90 Å². The summed E-state index contributed by atoms with van der Waals surface area (Å²) in [6, 6.07) is 9.18. The lowest BCUT2D eigenvalue weighted by molar-refractivity contribution is 0.245. The van der Waals surface area contributed by atoms with E-state index >= 15 is 0 Å². The first-order chi connectivity index (χ1) is 8.65. The van der Waals surface area contributed by atoms with Crippen LogP contribution in [0, 0.1) is 5.92 Å². The van der Waals surface area contributed by atoms with E-state index in [4.69, 9.17) is 5.73 Å². The molecule has 1 aromatic carbocycles. The second kappa shape index (κ2) is 6.24. The Morgan fingerprint density at radius 1 is 1.22 bits per heavy atom. The molecular weight excluding hydrogens is 220 g/mol. The summed E-state index contributed by atoms with van der Waals surface area (Å²) < 4.78 is 0. The first-order valence-electron chi connectivity index (χ1n) is 7.23. The number of nitrogens with two attached hydrogens (primary N) is 1. The third-order valence-electron chi connectivity index (χ3n) is 3.66. The summed E-state index contributed by atoms with van der Waals surface area (Å²) in [6.45, 7) is 6.94. The second-order valence-corrected chi connectivity index (χ2v) is 5.98. The molecule has 0 spiro atoms. The molecule has 0 unspecified atom stereocenters. The van der Waals surface area contributed by atoms with Gasteiger partial charge >= 0.3 is 0 Å². The molecule has 1 aliphatic carbocycles. The van der Waals surface area contributed by atoms with Crippen molar-refractivity contribution in [1.29, 1.82) is 0 Å². The van der Waals surface area contributed by atoms with Crippen LogP contribution in [0.25, 0.3) is 0 Å². The molecule has 0 radical (unpaired) electrons. The zero-order valence-electron chi connectivity index (χ0n) is 11.7. The number of hydrogen-bond donors (Lipinski definition) is 1. The number of hydrogen-bond acceptors (Lipinski definition) is 2. The van der Waals surface area contributed by atoms with E-state index in [1.54, 1.807) is 0 Å². The summed E-state index contributed by atoms with van der Waals surface area (Å²) in [5.41, 5.74) is 7.98. The van der Waals surface area contributed by atoms with Crippen molar-refractivity contribution in [2.45, 2.75) is 52.1 Å². The number of nitrogen functional groups attached to an aromatic ring is 1. The van der Waals surface area contributed by atoms with E-state index < -0.39 is 0 Å². The lowest BCUT2D eigenvalue weighted by Crippen LogP contribution is -2.26. The van der Waals surface area contributed by atoms with E-state index in [2.05, 4.69) is 30.9 Å². The summed E-state index contributed by atoms with van der Waals surface area (Å²) >= 11 is 0. The van der Waals surface area contributed by atoms with Crippen LogP contribution in [0.1, 0.15) is 45.1 Å². The zero-order chi connectivity index (χ0) is 13.0. The highest BCUT2D eigenvalue weighted by molar-refractivity contribution is 5.39. The number of nitrogens with zero attached hydrogens (tertiary/aromatic N) is 1. The van der Waals surface area contributed by atoms with E-state index in [-0.39, 0.29) is 0 Å². The predicted octanol–water partition coefficient (Wildman–Crippen LogP) is 3.67. The maximum atomic E-state index is 5.73. The van der Waals surface area contributed by atoms with Gasteiger partial charge in [-0.2, -0.15) is 0 Å². The fourth-order valence-corrected chi connectivity index (χ4v) is 2.39. The highest BCUT2D eigenvalue weighted by Gasteiger charge is 2.28. The van der Waals surface area contributed by atoms with E-state index in [9.17, 15) is 0 Å². The van der Waals surface area contributed by atoms with Gasteiger partial charge in [0.15, 0.2) is 0 Å². The SMILES string of the molecule is CC(C)CCCN(Cc1ccc(N)cc1)C1CC1. The van der Waals surface area contributed by atoms with Gasteiger partial charge in [-0.1, -0.05) is 26.0 Å². The molecule has 0 heterocycles. The number of benzene rings is 1. The predicted molar refractivity (Wildman–Crippen MR) is 78.4 cm³/mol. The van der Waals surface area contributed by atoms with Crippen LogP contribution in [0.15, 0.2) is 24.3 Å². The summed E-state index contributed by atoms with van der Waals surface area (Å²) in [5, 5.41) is 0. The van der Waals surface area contributed by atoms with Gasteiger partial charge in [0.25, 0.3) is 0 Å². The Morgan fingerprint density at radius 2 is 1.89 bits per heavy atom. The Kier molecular flexibility index (Phi) is 4.65. The lowest BCUT2D eigenvalue weighted by Gasteiger charge is -2.22. The molecule has 1 aliphatic rings. The largest absolute Gasteiger partial charge is 0.399 e. The van der Waals surface area contributed by atoms with Crippen LogP contribution in [0.5, 0.6) is 0 Å². The van der Waals surface area contributed by atoms with Crippen LogP contribution < -0.4 is 5.73 Å². The van der Waals surface area contributed by atoms with Crippen LogP contribution >= 0.6 is 0 Å². The smallest absolute Gasteiger partial charge is 0.0314 e. The molecule has 2 rings (SSSR count). The molecule has 1 fully saturated rings. The van der Waals surface area contributed by atoms with Crippen molar-refractivity contribution in [3.8, 4) is 0 Å². The van der Waals surface area contributed by atoms with Gasteiger partial charge in [0.1, 0.15) is 0 Å². The summed E-state index contributed by atoms with van der Waals surface area (Å²) in [7, 11) is 0. The van der Waals surface area contributed by atoms with Gasteiger partial charge < -0.3 is 5.73 Å². The summed E-state index contributed by atoms with van der Waals surface area (Å²) in [4.78, 5) is 2.65. The van der Waals surface area contributed by atoms with Gasteiger partial charge in [-0.15, -0.1) is 0 Å². The molecule has 0 amide bonds. The molecule has 0 aliphatic heterocycles.